The van der Waals surface area contributed by atoms with E-state index < -0.39 is 28.3 Å². The van der Waals surface area contributed by atoms with Crippen LogP contribution in [0.3, 0.4) is 0 Å². The van der Waals surface area contributed by atoms with E-state index in [0.717, 1.165) is 0 Å². The largest absolute Gasteiger partial charge is 0.299 e. The summed E-state index contributed by atoms with van der Waals surface area (Å²) >= 11 is -0.970. The summed E-state index contributed by atoms with van der Waals surface area (Å²) in [4.78, 5) is 0. The van der Waals surface area contributed by atoms with Crippen LogP contribution in [0.4, 0.5) is 0 Å². The molecule has 0 fully saturated rings. The molecule has 132 valence electrons. The Balaban J connectivity index is 1.62. The lowest BCUT2D eigenvalue weighted by molar-refractivity contribution is 0.645. The number of hydrogen-bond donors (Lipinski definition) is 0. The van der Waals surface area contributed by atoms with Gasteiger partial charge in [0, 0.05) is 0 Å². The van der Waals surface area contributed by atoms with Gasteiger partial charge in [-0.3, -0.25) is 0 Å². The van der Waals surface area contributed by atoms with Gasteiger partial charge >= 0.3 is 0 Å². The summed E-state index contributed by atoms with van der Waals surface area (Å²) in [6.45, 7) is 4.95. The van der Waals surface area contributed by atoms with Gasteiger partial charge in [-0.05, 0) is 51.4 Å². The van der Waals surface area contributed by atoms with Gasteiger partial charge in [0.15, 0.2) is 0 Å². The molecule has 1 aliphatic carbocycles. The van der Waals surface area contributed by atoms with Crippen molar-refractivity contribution in [3.8, 4) is 0 Å². The standard InChI is InChI=1S/C18H28.2C2H5.2Al/c1-3-17-13-9-5-7-11-15-18(4-2)16-12-8-6-10-14-17;2*1-2;;/h1-13,16H2;2*1H2,2H3;;. The third kappa shape index (κ3) is 4.83. The molecule has 2 heteroatoms. The fourth-order valence-electron chi connectivity index (χ4n) is 5.84. The zero-order valence-corrected chi connectivity index (χ0v) is 18.8. The van der Waals surface area contributed by atoms with Crippen molar-refractivity contribution < 1.29 is 0 Å². The fraction of sp³-hybridized carbons (Fsp3) is 0.818. The first kappa shape index (κ1) is 19.3. The van der Waals surface area contributed by atoms with Crippen molar-refractivity contribution in [1.82, 2.24) is 0 Å². The molecule has 2 heterocycles. The van der Waals surface area contributed by atoms with Crippen LogP contribution < -0.4 is 0 Å². The van der Waals surface area contributed by atoms with Crippen LogP contribution in [0, 0.1) is 0 Å². The van der Waals surface area contributed by atoms with Gasteiger partial charge in [-0.25, -0.2) is 0 Å². The molecule has 0 aromatic rings. The summed E-state index contributed by atoms with van der Waals surface area (Å²) in [7, 11) is 0. The molecule has 0 nitrogen and oxygen atoms in total. The minimum absolute atomic E-state index is 0.485. The highest BCUT2D eigenvalue weighted by atomic mass is 27.2. The molecular weight excluding hydrogens is 318 g/mol. The predicted octanol–water partition coefficient (Wildman–Crippen LogP) is 7.41. The monoisotopic (exact) mass is 356 g/mol. The fourth-order valence-corrected chi connectivity index (χ4v) is 12.7. The maximum atomic E-state index is 2.47. The molecular formula is C22H38Al2. The lowest BCUT2D eigenvalue weighted by atomic mass is 9.98. The van der Waals surface area contributed by atoms with Crippen molar-refractivity contribution in [1.29, 1.82) is 0 Å². The highest BCUT2D eigenvalue weighted by molar-refractivity contribution is 6.68. The third-order valence-corrected chi connectivity index (χ3v) is 14.6. The van der Waals surface area contributed by atoms with Gasteiger partial charge in [-0.1, -0.05) is 71.8 Å². The Morgan fingerprint density at radius 2 is 0.958 bits per heavy atom. The molecule has 0 saturated carbocycles. The van der Waals surface area contributed by atoms with Gasteiger partial charge in [0.05, 0.1) is 0 Å². The van der Waals surface area contributed by atoms with Crippen LogP contribution in [-0.4, -0.2) is 28.3 Å². The maximum Gasteiger partial charge on any atom is 0.299 e. The van der Waals surface area contributed by atoms with Crippen molar-refractivity contribution in [3.63, 3.8) is 0 Å². The number of hydrogen-bond acceptors (Lipinski definition) is 0. The molecule has 0 aromatic heterocycles. The third-order valence-electron chi connectivity index (χ3n) is 7.32. The summed E-state index contributed by atoms with van der Waals surface area (Å²) < 4.78 is 4.13. The molecule has 0 bridgehead atoms. The molecule has 2 aliphatic heterocycles. The Morgan fingerprint density at radius 1 is 0.542 bits per heavy atom. The summed E-state index contributed by atoms with van der Waals surface area (Å²) in [5, 5.41) is 6.28. The summed E-state index contributed by atoms with van der Waals surface area (Å²) in [6, 6.07) is 0. The van der Waals surface area contributed by atoms with Crippen LogP contribution in [0.5, 0.6) is 0 Å². The Hall–Kier alpha value is 0.545. The Morgan fingerprint density at radius 3 is 1.38 bits per heavy atom. The number of rotatable bonds is 2. The molecule has 0 aromatic carbocycles. The van der Waals surface area contributed by atoms with Crippen molar-refractivity contribution in [2.24, 2.45) is 0 Å². The highest BCUT2D eigenvalue weighted by Gasteiger charge is 2.30. The van der Waals surface area contributed by atoms with Gasteiger partial charge in [0.2, 0.25) is 0 Å². The van der Waals surface area contributed by atoms with Gasteiger partial charge in [-0.15, -0.1) is 8.87 Å². The van der Waals surface area contributed by atoms with Crippen molar-refractivity contribution in [3.05, 3.63) is 20.0 Å². The van der Waals surface area contributed by atoms with Crippen molar-refractivity contribution >= 4 is 28.3 Å². The Bertz CT molecular complexity index is 430. The lowest BCUT2D eigenvalue weighted by Crippen LogP contribution is -2.11. The topological polar surface area (TPSA) is 0 Å². The average molecular weight is 357 g/mol. The minimum Gasteiger partial charge on any atom is -0.131 e. The van der Waals surface area contributed by atoms with Crippen LogP contribution in [0.2, 0.25) is 21.1 Å². The molecule has 0 spiro atoms. The maximum absolute atomic E-state index is 2.47. The molecule has 0 N–H and O–H groups in total. The summed E-state index contributed by atoms with van der Waals surface area (Å²) in [6.07, 6.45) is 17.9. The van der Waals surface area contributed by atoms with E-state index >= 15 is 0 Å². The molecule has 0 atom stereocenters. The molecule has 3 rings (SSSR count). The SMILES string of the molecule is C[CH2][Al]1[CH2]CC2=[C]1CCCCCC1=[C](CCCCC2)[Al]([CH2]C)[CH2]C1. The average Bonchev–Trinajstić information content (AvgIpc) is 3.17. The Kier molecular flexibility index (Phi) is 8.07. The first-order valence-electron chi connectivity index (χ1n) is 11.2. The van der Waals surface area contributed by atoms with E-state index in [9.17, 15) is 0 Å². The first-order chi connectivity index (χ1) is 11.8. The van der Waals surface area contributed by atoms with E-state index in [1.807, 2.05) is 11.1 Å². The normalized spacial score (nSPS) is 24.2. The molecule has 0 saturated heterocycles. The first-order valence-corrected chi connectivity index (χ1v) is 15.7. The van der Waals surface area contributed by atoms with E-state index in [-0.39, 0.29) is 0 Å². The molecule has 3 aliphatic rings. The summed E-state index contributed by atoms with van der Waals surface area (Å²) in [5.74, 6) is 0. The van der Waals surface area contributed by atoms with Crippen LogP contribution in [0.1, 0.15) is 90.9 Å². The van der Waals surface area contributed by atoms with Gasteiger partial charge in [0.1, 0.15) is 0 Å². The van der Waals surface area contributed by atoms with Crippen molar-refractivity contribution in [2.45, 2.75) is 112 Å². The van der Waals surface area contributed by atoms with Crippen molar-refractivity contribution in [2.75, 3.05) is 0 Å². The molecule has 0 amide bonds. The van der Waals surface area contributed by atoms with Gasteiger partial charge < -0.3 is 0 Å². The highest BCUT2D eigenvalue weighted by Crippen LogP contribution is 2.37. The van der Waals surface area contributed by atoms with E-state index in [0.29, 0.717) is 0 Å². The van der Waals surface area contributed by atoms with Crippen LogP contribution in [-0.2, 0) is 0 Å². The second kappa shape index (κ2) is 10.0. The van der Waals surface area contributed by atoms with E-state index in [1.165, 1.54) is 87.6 Å². The van der Waals surface area contributed by atoms with Crippen LogP contribution in [0.25, 0.3) is 0 Å². The zero-order valence-electron chi connectivity index (χ0n) is 16.5. The number of allylic oxidation sites excluding steroid dienone is 4. The lowest BCUT2D eigenvalue weighted by Gasteiger charge is -2.15. The van der Waals surface area contributed by atoms with Crippen LogP contribution >= 0.6 is 0 Å². The second-order valence-corrected chi connectivity index (χ2v) is 15.6. The summed E-state index contributed by atoms with van der Waals surface area (Å²) in [5.41, 5.74) is 3.93. The minimum atomic E-state index is -0.485. The van der Waals surface area contributed by atoms with E-state index in [2.05, 4.69) is 22.7 Å². The predicted molar refractivity (Wildman–Crippen MR) is 112 cm³/mol. The smallest absolute Gasteiger partial charge is 0.131 e. The van der Waals surface area contributed by atoms with Crippen LogP contribution in [0.15, 0.2) is 20.0 Å². The molecule has 0 radical (unpaired) electrons. The van der Waals surface area contributed by atoms with E-state index in [4.69, 9.17) is 0 Å². The van der Waals surface area contributed by atoms with Gasteiger partial charge in [-0.2, -0.15) is 0 Å². The van der Waals surface area contributed by atoms with E-state index in [1.54, 1.807) is 10.6 Å². The molecule has 0 unspecified atom stereocenters. The zero-order chi connectivity index (χ0) is 16.8. The van der Waals surface area contributed by atoms with Gasteiger partial charge in [0.25, 0.3) is 28.3 Å². The molecule has 24 heavy (non-hydrogen) atoms. The quantitative estimate of drug-likeness (QED) is 0.452. The second-order valence-electron chi connectivity index (χ2n) is 8.67. The Labute approximate surface area is 160 Å².